The molecule has 3 N–H and O–H groups in total. The van der Waals surface area contributed by atoms with Gasteiger partial charge >= 0.3 is 0 Å². The smallest absolute Gasteiger partial charge is 0.118 e. The summed E-state index contributed by atoms with van der Waals surface area (Å²) in [5.41, 5.74) is 7.80. The number of nitrogens with two attached hydrogens (primary N) is 1. The first-order valence-corrected chi connectivity index (χ1v) is 6.63. The van der Waals surface area contributed by atoms with Crippen LogP contribution in [0.4, 0.5) is 0 Å². The maximum Gasteiger partial charge on any atom is 0.118 e. The SMILES string of the molecule is NCC1(c2ncc(-c3ccccc3Br)[nH]2)COC1. The summed E-state index contributed by atoms with van der Waals surface area (Å²) in [5.74, 6) is 0.919. The fourth-order valence-corrected chi connectivity index (χ4v) is 2.61. The van der Waals surface area contributed by atoms with Crippen LogP contribution in [0.25, 0.3) is 11.3 Å². The van der Waals surface area contributed by atoms with E-state index in [9.17, 15) is 0 Å². The maximum absolute atomic E-state index is 5.83. The van der Waals surface area contributed by atoms with E-state index in [1.54, 1.807) is 0 Å². The molecular weight excluding hydrogens is 294 g/mol. The number of benzene rings is 1. The molecule has 0 aliphatic carbocycles. The van der Waals surface area contributed by atoms with Crippen LogP contribution in [0.3, 0.4) is 0 Å². The van der Waals surface area contributed by atoms with Gasteiger partial charge in [-0.3, -0.25) is 0 Å². The van der Waals surface area contributed by atoms with Gasteiger partial charge in [-0.25, -0.2) is 4.98 Å². The molecule has 0 unspecified atom stereocenters. The van der Waals surface area contributed by atoms with Crippen molar-refractivity contribution in [2.75, 3.05) is 19.8 Å². The summed E-state index contributed by atoms with van der Waals surface area (Å²) in [6, 6.07) is 8.06. The van der Waals surface area contributed by atoms with Crippen molar-refractivity contribution in [1.82, 2.24) is 9.97 Å². The Balaban J connectivity index is 1.97. The van der Waals surface area contributed by atoms with Gasteiger partial charge in [0.2, 0.25) is 0 Å². The Bertz CT molecular complexity index is 557. The van der Waals surface area contributed by atoms with Crippen LogP contribution >= 0.6 is 15.9 Å². The summed E-state index contributed by atoms with van der Waals surface area (Å²) < 4.78 is 6.32. The third-order valence-corrected chi connectivity index (χ3v) is 4.08. The van der Waals surface area contributed by atoms with Gasteiger partial charge in [-0.1, -0.05) is 34.1 Å². The lowest BCUT2D eigenvalue weighted by atomic mass is 9.85. The van der Waals surface area contributed by atoms with Crippen molar-refractivity contribution in [3.63, 3.8) is 0 Å². The molecule has 4 nitrogen and oxygen atoms in total. The van der Waals surface area contributed by atoms with Gasteiger partial charge in [-0.05, 0) is 6.07 Å². The second kappa shape index (κ2) is 4.50. The molecule has 1 aliphatic rings. The summed E-state index contributed by atoms with van der Waals surface area (Å²) in [6.45, 7) is 1.84. The van der Waals surface area contributed by atoms with Crippen LogP contribution in [0.15, 0.2) is 34.9 Å². The van der Waals surface area contributed by atoms with Crippen molar-refractivity contribution in [3.05, 3.63) is 40.8 Å². The van der Waals surface area contributed by atoms with Gasteiger partial charge in [0.05, 0.1) is 30.5 Å². The highest BCUT2D eigenvalue weighted by molar-refractivity contribution is 9.10. The molecule has 1 aliphatic heterocycles. The highest BCUT2D eigenvalue weighted by atomic mass is 79.9. The first kappa shape index (κ1) is 11.9. The first-order chi connectivity index (χ1) is 8.75. The third-order valence-electron chi connectivity index (χ3n) is 3.39. The van der Waals surface area contributed by atoms with E-state index in [4.69, 9.17) is 10.5 Å². The van der Waals surface area contributed by atoms with Crippen molar-refractivity contribution in [1.29, 1.82) is 0 Å². The molecule has 0 radical (unpaired) electrons. The van der Waals surface area contributed by atoms with Gasteiger partial charge < -0.3 is 15.5 Å². The number of nitrogens with zero attached hydrogens (tertiary/aromatic N) is 1. The number of ether oxygens (including phenoxy) is 1. The van der Waals surface area contributed by atoms with Crippen molar-refractivity contribution in [2.24, 2.45) is 5.73 Å². The molecule has 94 valence electrons. The molecule has 1 aromatic carbocycles. The topological polar surface area (TPSA) is 63.9 Å². The highest BCUT2D eigenvalue weighted by Crippen LogP contribution is 2.32. The molecule has 0 atom stereocenters. The number of nitrogens with one attached hydrogen (secondary N) is 1. The first-order valence-electron chi connectivity index (χ1n) is 5.83. The minimum atomic E-state index is -0.125. The summed E-state index contributed by atoms with van der Waals surface area (Å²) in [5, 5.41) is 0. The molecule has 1 fully saturated rings. The van der Waals surface area contributed by atoms with Gasteiger partial charge in [-0.15, -0.1) is 0 Å². The Labute approximate surface area is 114 Å². The number of imidazole rings is 1. The molecule has 0 bridgehead atoms. The summed E-state index contributed by atoms with van der Waals surface area (Å²) in [7, 11) is 0. The average molecular weight is 308 g/mol. The second-order valence-electron chi connectivity index (χ2n) is 4.60. The molecule has 1 saturated heterocycles. The monoisotopic (exact) mass is 307 g/mol. The lowest BCUT2D eigenvalue weighted by Crippen LogP contribution is -2.52. The fourth-order valence-electron chi connectivity index (χ4n) is 2.11. The predicted octanol–water partition coefficient (Wildman–Crippen LogP) is 2.07. The van der Waals surface area contributed by atoms with E-state index >= 15 is 0 Å². The molecule has 3 rings (SSSR count). The van der Waals surface area contributed by atoms with Crippen LogP contribution in [0.5, 0.6) is 0 Å². The van der Waals surface area contributed by atoms with E-state index in [0.717, 1.165) is 21.6 Å². The van der Waals surface area contributed by atoms with Crippen molar-refractivity contribution < 1.29 is 4.74 Å². The zero-order valence-corrected chi connectivity index (χ0v) is 11.4. The van der Waals surface area contributed by atoms with E-state index < -0.39 is 0 Å². The van der Waals surface area contributed by atoms with E-state index in [1.807, 2.05) is 30.5 Å². The molecular formula is C13H14BrN3O. The van der Waals surface area contributed by atoms with Crippen LogP contribution < -0.4 is 5.73 Å². The van der Waals surface area contributed by atoms with Crippen molar-refractivity contribution in [2.45, 2.75) is 5.41 Å². The summed E-state index contributed by atoms with van der Waals surface area (Å²) in [6.07, 6.45) is 1.85. The average Bonchev–Trinajstić information content (AvgIpc) is 2.79. The summed E-state index contributed by atoms with van der Waals surface area (Å²) in [4.78, 5) is 7.83. The molecule has 5 heteroatoms. The number of halogens is 1. The minimum Gasteiger partial charge on any atom is -0.379 e. The van der Waals surface area contributed by atoms with E-state index in [-0.39, 0.29) is 5.41 Å². The van der Waals surface area contributed by atoms with E-state index in [1.165, 1.54) is 0 Å². The Hall–Kier alpha value is -1.17. The quantitative estimate of drug-likeness (QED) is 0.912. The summed E-state index contributed by atoms with van der Waals surface area (Å²) >= 11 is 3.54. The largest absolute Gasteiger partial charge is 0.379 e. The molecule has 2 aromatic rings. The normalized spacial score (nSPS) is 17.4. The van der Waals surface area contributed by atoms with Crippen molar-refractivity contribution in [3.8, 4) is 11.3 Å². The molecule has 0 amide bonds. The van der Waals surface area contributed by atoms with Crippen LogP contribution in [-0.2, 0) is 10.2 Å². The predicted molar refractivity (Wildman–Crippen MR) is 73.3 cm³/mol. The molecule has 1 aromatic heterocycles. The second-order valence-corrected chi connectivity index (χ2v) is 5.46. The highest BCUT2D eigenvalue weighted by Gasteiger charge is 2.41. The number of hydrogen-bond donors (Lipinski definition) is 2. The molecule has 18 heavy (non-hydrogen) atoms. The molecule has 0 spiro atoms. The molecule has 2 heterocycles. The van der Waals surface area contributed by atoms with Gasteiger partial charge in [0.25, 0.3) is 0 Å². The van der Waals surface area contributed by atoms with Gasteiger partial charge in [0.1, 0.15) is 5.82 Å². The van der Waals surface area contributed by atoms with Gasteiger partial charge in [0.15, 0.2) is 0 Å². The lowest BCUT2D eigenvalue weighted by molar-refractivity contribution is -0.0589. The van der Waals surface area contributed by atoms with Crippen LogP contribution in [0.1, 0.15) is 5.82 Å². The van der Waals surface area contributed by atoms with Crippen molar-refractivity contribution >= 4 is 15.9 Å². The van der Waals surface area contributed by atoms with Crippen LogP contribution in [-0.4, -0.2) is 29.7 Å². The number of aromatic nitrogens is 2. The standard InChI is InChI=1S/C13H14BrN3O/c14-10-4-2-1-3-9(10)11-5-16-12(17-11)13(6-15)7-18-8-13/h1-5H,6-8,15H2,(H,16,17). The Kier molecular flexibility index (Phi) is 2.97. The van der Waals surface area contributed by atoms with Crippen LogP contribution in [0, 0.1) is 0 Å². The fraction of sp³-hybridized carbons (Fsp3) is 0.308. The number of aromatic amines is 1. The Morgan fingerprint density at radius 1 is 1.39 bits per heavy atom. The van der Waals surface area contributed by atoms with E-state index in [0.29, 0.717) is 19.8 Å². The number of H-pyrrole nitrogens is 1. The van der Waals surface area contributed by atoms with Gasteiger partial charge in [-0.2, -0.15) is 0 Å². The zero-order chi connectivity index (χ0) is 12.6. The Morgan fingerprint density at radius 3 is 2.78 bits per heavy atom. The zero-order valence-electron chi connectivity index (χ0n) is 9.82. The third kappa shape index (κ3) is 1.79. The minimum absolute atomic E-state index is 0.125. The Morgan fingerprint density at radius 2 is 2.17 bits per heavy atom. The number of rotatable bonds is 3. The van der Waals surface area contributed by atoms with Gasteiger partial charge in [0, 0.05) is 16.6 Å². The van der Waals surface area contributed by atoms with E-state index in [2.05, 4.69) is 25.9 Å². The maximum atomic E-state index is 5.83. The number of hydrogen-bond acceptors (Lipinski definition) is 3. The van der Waals surface area contributed by atoms with Crippen LogP contribution in [0.2, 0.25) is 0 Å². The molecule has 0 saturated carbocycles. The lowest BCUT2D eigenvalue weighted by Gasteiger charge is -2.38.